The van der Waals surface area contributed by atoms with Gasteiger partial charge >= 0.3 is 0 Å². The fraction of sp³-hybridized carbons (Fsp3) is 0.500. The molecule has 0 aromatic heterocycles. The molecule has 0 spiro atoms. The first-order valence-corrected chi connectivity index (χ1v) is 5.89. The summed E-state index contributed by atoms with van der Waals surface area (Å²) >= 11 is 2.04. The Bertz CT molecular complexity index is 328. The van der Waals surface area contributed by atoms with Crippen LogP contribution in [0.3, 0.4) is 0 Å². The molecule has 0 N–H and O–H groups in total. The summed E-state index contributed by atoms with van der Waals surface area (Å²) in [7, 11) is 0. The van der Waals surface area contributed by atoms with Crippen LogP contribution in [0.15, 0.2) is 17.0 Å². The van der Waals surface area contributed by atoms with Crippen molar-refractivity contribution in [2.45, 2.75) is 32.1 Å². The molecule has 0 bridgehead atoms. The highest BCUT2D eigenvalue weighted by atomic mass is 32.2. The van der Waals surface area contributed by atoms with Crippen LogP contribution in [0.25, 0.3) is 0 Å². The predicted molar refractivity (Wildman–Crippen MR) is 59.5 cm³/mol. The van der Waals surface area contributed by atoms with Gasteiger partial charge in [-0.05, 0) is 42.9 Å². The second-order valence-electron chi connectivity index (χ2n) is 4.13. The Morgan fingerprint density at radius 2 is 1.92 bits per heavy atom. The van der Waals surface area contributed by atoms with Crippen molar-refractivity contribution in [3.63, 3.8) is 0 Å². The molecular weight excluding hydrogens is 176 g/mol. The zero-order valence-corrected chi connectivity index (χ0v) is 9.37. The predicted octanol–water partition coefficient (Wildman–Crippen LogP) is 3.59. The molecule has 70 valence electrons. The summed E-state index contributed by atoms with van der Waals surface area (Å²) in [5, 5.41) is 0. The van der Waals surface area contributed by atoms with Gasteiger partial charge in [-0.3, -0.25) is 0 Å². The molecule has 1 unspecified atom stereocenters. The molecule has 13 heavy (non-hydrogen) atoms. The smallest absolute Gasteiger partial charge is 0.0136 e. The Balaban J connectivity index is 2.51. The van der Waals surface area contributed by atoms with E-state index in [4.69, 9.17) is 0 Å². The molecule has 0 saturated carbocycles. The van der Waals surface area contributed by atoms with Gasteiger partial charge in [0.15, 0.2) is 0 Å². The van der Waals surface area contributed by atoms with E-state index >= 15 is 0 Å². The van der Waals surface area contributed by atoms with Crippen LogP contribution in [0.5, 0.6) is 0 Å². The van der Waals surface area contributed by atoms with Crippen molar-refractivity contribution in [3.8, 4) is 0 Å². The number of hydrogen-bond donors (Lipinski definition) is 0. The maximum absolute atomic E-state index is 2.34. The van der Waals surface area contributed by atoms with Gasteiger partial charge in [0.1, 0.15) is 0 Å². The summed E-state index contributed by atoms with van der Waals surface area (Å²) in [4.78, 5) is 1.55. The number of rotatable bonds is 0. The lowest BCUT2D eigenvalue weighted by Gasteiger charge is -2.24. The van der Waals surface area contributed by atoms with E-state index in [0.717, 1.165) is 5.92 Å². The van der Waals surface area contributed by atoms with Gasteiger partial charge in [-0.15, -0.1) is 11.8 Å². The molecular formula is C12H16S. The van der Waals surface area contributed by atoms with E-state index in [2.05, 4.69) is 32.9 Å². The van der Waals surface area contributed by atoms with Crippen LogP contribution in [0.1, 0.15) is 23.6 Å². The number of fused-ring (bicyclic) bond motifs is 1. The van der Waals surface area contributed by atoms with Gasteiger partial charge in [-0.2, -0.15) is 0 Å². The van der Waals surface area contributed by atoms with E-state index in [0.29, 0.717) is 0 Å². The average Bonchev–Trinajstić information content (AvgIpc) is 2.12. The molecule has 0 aliphatic carbocycles. The summed E-state index contributed by atoms with van der Waals surface area (Å²) in [6, 6.07) is 4.50. The molecule has 0 saturated heterocycles. The molecule has 2 rings (SSSR count). The lowest BCUT2D eigenvalue weighted by Crippen LogP contribution is -2.11. The molecule has 0 radical (unpaired) electrons. The van der Waals surface area contributed by atoms with Crippen molar-refractivity contribution < 1.29 is 0 Å². The molecule has 0 fully saturated rings. The fourth-order valence-corrected chi connectivity index (χ4v) is 3.21. The highest BCUT2D eigenvalue weighted by molar-refractivity contribution is 7.99. The van der Waals surface area contributed by atoms with Crippen LogP contribution in [0.2, 0.25) is 0 Å². The maximum Gasteiger partial charge on any atom is 0.0136 e. The van der Waals surface area contributed by atoms with E-state index in [9.17, 15) is 0 Å². The first-order chi connectivity index (χ1) is 6.18. The first-order valence-electron chi connectivity index (χ1n) is 4.90. The quantitative estimate of drug-likeness (QED) is 0.605. The third-order valence-corrected chi connectivity index (χ3v) is 4.35. The normalized spacial score (nSPS) is 21.3. The van der Waals surface area contributed by atoms with Crippen molar-refractivity contribution in [1.29, 1.82) is 0 Å². The van der Waals surface area contributed by atoms with E-state index < -0.39 is 0 Å². The number of thioether (sulfide) groups is 1. The highest BCUT2D eigenvalue weighted by Crippen LogP contribution is 2.36. The second-order valence-corrected chi connectivity index (χ2v) is 5.16. The van der Waals surface area contributed by atoms with E-state index in [1.807, 2.05) is 11.8 Å². The standard InChI is InChI=1S/C12H16S/c1-8-6-11-9(2)4-5-10(3)12(11)13-7-8/h4-5,8H,6-7H2,1-3H3. The third kappa shape index (κ3) is 1.62. The molecule has 1 atom stereocenters. The van der Waals surface area contributed by atoms with Gasteiger partial charge in [-0.1, -0.05) is 19.1 Å². The number of aryl methyl sites for hydroxylation is 2. The lowest BCUT2D eigenvalue weighted by atomic mass is 9.96. The van der Waals surface area contributed by atoms with Crippen molar-refractivity contribution in [1.82, 2.24) is 0 Å². The fourth-order valence-electron chi connectivity index (χ4n) is 1.93. The largest absolute Gasteiger partial charge is 0.125 e. The molecule has 0 amide bonds. The summed E-state index contributed by atoms with van der Waals surface area (Å²) < 4.78 is 0. The zero-order valence-electron chi connectivity index (χ0n) is 8.55. The van der Waals surface area contributed by atoms with Gasteiger partial charge in [0.05, 0.1) is 0 Å². The van der Waals surface area contributed by atoms with Gasteiger partial charge in [0, 0.05) is 10.6 Å². The van der Waals surface area contributed by atoms with Crippen LogP contribution in [-0.2, 0) is 6.42 Å². The van der Waals surface area contributed by atoms with E-state index in [1.54, 1.807) is 10.5 Å². The summed E-state index contributed by atoms with van der Waals surface area (Å²) in [6.07, 6.45) is 1.27. The summed E-state index contributed by atoms with van der Waals surface area (Å²) in [5.41, 5.74) is 4.53. The molecule has 1 aliphatic heterocycles. The van der Waals surface area contributed by atoms with E-state index in [1.165, 1.54) is 23.3 Å². The number of benzene rings is 1. The summed E-state index contributed by atoms with van der Waals surface area (Å²) in [5.74, 6) is 2.13. The van der Waals surface area contributed by atoms with Crippen molar-refractivity contribution in [2.75, 3.05) is 5.75 Å². The average molecular weight is 192 g/mol. The molecule has 0 nitrogen and oxygen atoms in total. The van der Waals surface area contributed by atoms with Crippen molar-refractivity contribution >= 4 is 11.8 Å². The Morgan fingerprint density at radius 1 is 1.23 bits per heavy atom. The van der Waals surface area contributed by atoms with Crippen LogP contribution >= 0.6 is 11.8 Å². The SMILES string of the molecule is Cc1ccc(C)c2c1CC(C)CS2. The Kier molecular flexibility index (Phi) is 2.37. The molecule has 1 aromatic rings. The topological polar surface area (TPSA) is 0 Å². The van der Waals surface area contributed by atoms with Crippen molar-refractivity contribution in [2.24, 2.45) is 5.92 Å². The Labute approximate surface area is 84.7 Å². The van der Waals surface area contributed by atoms with E-state index in [-0.39, 0.29) is 0 Å². The van der Waals surface area contributed by atoms with Gasteiger partial charge < -0.3 is 0 Å². The highest BCUT2D eigenvalue weighted by Gasteiger charge is 2.18. The van der Waals surface area contributed by atoms with Crippen molar-refractivity contribution in [3.05, 3.63) is 28.8 Å². The van der Waals surface area contributed by atoms with Gasteiger partial charge in [-0.25, -0.2) is 0 Å². The Hall–Kier alpha value is -0.430. The minimum absolute atomic E-state index is 0.845. The number of hydrogen-bond acceptors (Lipinski definition) is 1. The van der Waals surface area contributed by atoms with Crippen LogP contribution in [0, 0.1) is 19.8 Å². The second kappa shape index (κ2) is 3.38. The van der Waals surface area contributed by atoms with Crippen LogP contribution in [0.4, 0.5) is 0 Å². The molecule has 1 aromatic carbocycles. The monoisotopic (exact) mass is 192 g/mol. The molecule has 1 aliphatic rings. The van der Waals surface area contributed by atoms with Crippen LogP contribution in [-0.4, -0.2) is 5.75 Å². The maximum atomic E-state index is 2.34. The minimum atomic E-state index is 0.845. The lowest BCUT2D eigenvalue weighted by molar-refractivity contribution is 0.636. The third-order valence-electron chi connectivity index (χ3n) is 2.76. The Morgan fingerprint density at radius 3 is 2.69 bits per heavy atom. The molecule has 1 heteroatoms. The van der Waals surface area contributed by atoms with Gasteiger partial charge in [0.2, 0.25) is 0 Å². The summed E-state index contributed by atoms with van der Waals surface area (Å²) in [6.45, 7) is 6.80. The van der Waals surface area contributed by atoms with Crippen LogP contribution < -0.4 is 0 Å². The zero-order chi connectivity index (χ0) is 9.42. The first kappa shape index (κ1) is 9.14. The van der Waals surface area contributed by atoms with Gasteiger partial charge in [0.25, 0.3) is 0 Å². The molecule has 1 heterocycles. The minimum Gasteiger partial charge on any atom is -0.125 e.